The first-order valence-electron chi connectivity index (χ1n) is 7.35. The molecule has 1 heterocycles. The summed E-state index contributed by atoms with van der Waals surface area (Å²) in [5, 5.41) is 2.96. The standard InChI is InChI=1S/C16H23NO3/c1-3-12(2)17-16(18)14-8-4-5-9-15(14)20-11-13-7-6-10-19-13/h4-5,8-9,12-13H,3,6-7,10-11H2,1-2H3,(H,17,18). The number of carbonyl (C=O) groups is 1. The van der Waals surface area contributed by atoms with E-state index in [1.807, 2.05) is 32.0 Å². The lowest BCUT2D eigenvalue weighted by Gasteiger charge is -2.16. The topological polar surface area (TPSA) is 47.6 Å². The second-order valence-corrected chi connectivity index (χ2v) is 5.22. The number of amides is 1. The third-order valence-electron chi connectivity index (χ3n) is 3.57. The summed E-state index contributed by atoms with van der Waals surface area (Å²) in [5.74, 6) is 0.547. The molecule has 0 bridgehead atoms. The molecule has 1 aliphatic heterocycles. The maximum Gasteiger partial charge on any atom is 0.255 e. The average Bonchev–Trinajstić information content (AvgIpc) is 2.98. The van der Waals surface area contributed by atoms with Crippen LogP contribution in [0, 0.1) is 0 Å². The Morgan fingerprint density at radius 2 is 2.30 bits per heavy atom. The second kappa shape index (κ2) is 7.29. The van der Waals surface area contributed by atoms with Crippen molar-refractivity contribution in [2.45, 2.75) is 45.3 Å². The molecule has 2 unspecified atom stereocenters. The number of nitrogens with one attached hydrogen (secondary N) is 1. The molecular formula is C16H23NO3. The van der Waals surface area contributed by atoms with Gasteiger partial charge in [-0.1, -0.05) is 19.1 Å². The van der Waals surface area contributed by atoms with Crippen molar-refractivity contribution in [3.8, 4) is 5.75 Å². The minimum absolute atomic E-state index is 0.0812. The Kier molecular flexibility index (Phi) is 5.41. The van der Waals surface area contributed by atoms with Gasteiger partial charge in [-0.25, -0.2) is 0 Å². The van der Waals surface area contributed by atoms with Gasteiger partial charge in [0.1, 0.15) is 12.4 Å². The van der Waals surface area contributed by atoms with Crippen molar-refractivity contribution >= 4 is 5.91 Å². The molecule has 1 aliphatic rings. The molecule has 0 aromatic heterocycles. The fourth-order valence-corrected chi connectivity index (χ4v) is 2.14. The van der Waals surface area contributed by atoms with E-state index < -0.39 is 0 Å². The Morgan fingerprint density at radius 3 is 3.00 bits per heavy atom. The molecule has 4 nitrogen and oxygen atoms in total. The predicted octanol–water partition coefficient (Wildman–Crippen LogP) is 2.77. The van der Waals surface area contributed by atoms with E-state index in [1.54, 1.807) is 6.07 Å². The van der Waals surface area contributed by atoms with Crippen LogP contribution < -0.4 is 10.1 Å². The zero-order chi connectivity index (χ0) is 14.4. The molecule has 4 heteroatoms. The first kappa shape index (κ1) is 14.9. The van der Waals surface area contributed by atoms with Gasteiger partial charge in [-0.15, -0.1) is 0 Å². The molecule has 1 amide bonds. The lowest BCUT2D eigenvalue weighted by molar-refractivity contribution is 0.0670. The highest BCUT2D eigenvalue weighted by Crippen LogP contribution is 2.20. The molecule has 0 aliphatic carbocycles. The Balaban J connectivity index is 1.99. The van der Waals surface area contributed by atoms with E-state index in [1.165, 1.54) is 0 Å². The van der Waals surface area contributed by atoms with E-state index in [0.29, 0.717) is 17.9 Å². The Bertz CT molecular complexity index is 441. The van der Waals surface area contributed by atoms with Crippen molar-refractivity contribution in [1.82, 2.24) is 5.32 Å². The van der Waals surface area contributed by atoms with E-state index in [4.69, 9.17) is 9.47 Å². The van der Waals surface area contributed by atoms with Gasteiger partial charge in [-0.3, -0.25) is 4.79 Å². The summed E-state index contributed by atoms with van der Waals surface area (Å²) in [7, 11) is 0. The molecule has 1 fully saturated rings. The molecule has 0 saturated carbocycles. The molecule has 2 atom stereocenters. The molecule has 1 aromatic rings. The largest absolute Gasteiger partial charge is 0.490 e. The van der Waals surface area contributed by atoms with Crippen LogP contribution >= 0.6 is 0 Å². The van der Waals surface area contributed by atoms with Gasteiger partial charge in [-0.2, -0.15) is 0 Å². The number of carbonyl (C=O) groups excluding carboxylic acids is 1. The van der Waals surface area contributed by atoms with Crippen molar-refractivity contribution in [2.75, 3.05) is 13.2 Å². The fourth-order valence-electron chi connectivity index (χ4n) is 2.14. The zero-order valence-electron chi connectivity index (χ0n) is 12.2. The maximum absolute atomic E-state index is 12.2. The molecule has 1 aromatic carbocycles. The highest BCUT2D eigenvalue weighted by molar-refractivity contribution is 5.97. The van der Waals surface area contributed by atoms with Gasteiger partial charge in [-0.05, 0) is 38.3 Å². The van der Waals surface area contributed by atoms with Crippen LogP contribution in [0.25, 0.3) is 0 Å². The second-order valence-electron chi connectivity index (χ2n) is 5.22. The summed E-state index contributed by atoms with van der Waals surface area (Å²) in [6.45, 7) is 5.36. The van der Waals surface area contributed by atoms with Gasteiger partial charge in [0.2, 0.25) is 0 Å². The summed E-state index contributed by atoms with van der Waals surface area (Å²) < 4.78 is 11.3. The maximum atomic E-state index is 12.2. The van der Waals surface area contributed by atoms with Crippen molar-refractivity contribution < 1.29 is 14.3 Å². The van der Waals surface area contributed by atoms with E-state index in [-0.39, 0.29) is 18.1 Å². The van der Waals surface area contributed by atoms with Crippen LogP contribution in [0.2, 0.25) is 0 Å². The normalized spacial score (nSPS) is 19.6. The van der Waals surface area contributed by atoms with E-state index in [9.17, 15) is 4.79 Å². The molecular weight excluding hydrogens is 254 g/mol. The molecule has 1 saturated heterocycles. The minimum Gasteiger partial charge on any atom is -0.490 e. The minimum atomic E-state index is -0.0812. The van der Waals surface area contributed by atoms with Crippen LogP contribution in [0.15, 0.2) is 24.3 Å². The number of para-hydroxylation sites is 1. The number of hydrogen-bond donors (Lipinski definition) is 1. The summed E-state index contributed by atoms with van der Waals surface area (Å²) in [4.78, 5) is 12.2. The third kappa shape index (κ3) is 3.97. The van der Waals surface area contributed by atoms with Gasteiger partial charge >= 0.3 is 0 Å². The summed E-state index contributed by atoms with van der Waals surface area (Å²) in [5.41, 5.74) is 0.589. The Hall–Kier alpha value is -1.55. The Morgan fingerprint density at radius 1 is 1.50 bits per heavy atom. The first-order valence-corrected chi connectivity index (χ1v) is 7.35. The van der Waals surface area contributed by atoms with Crippen LogP contribution in [-0.4, -0.2) is 31.3 Å². The highest BCUT2D eigenvalue weighted by atomic mass is 16.5. The number of benzene rings is 1. The summed E-state index contributed by atoms with van der Waals surface area (Å²) in [6.07, 6.45) is 3.18. The van der Waals surface area contributed by atoms with E-state index in [2.05, 4.69) is 5.32 Å². The smallest absolute Gasteiger partial charge is 0.255 e. The quantitative estimate of drug-likeness (QED) is 0.869. The number of ether oxygens (including phenoxy) is 2. The zero-order valence-corrected chi connectivity index (χ0v) is 12.2. The highest BCUT2D eigenvalue weighted by Gasteiger charge is 2.18. The van der Waals surface area contributed by atoms with Gasteiger partial charge in [0.15, 0.2) is 0 Å². The summed E-state index contributed by atoms with van der Waals surface area (Å²) in [6, 6.07) is 7.52. The molecule has 0 spiro atoms. The van der Waals surface area contributed by atoms with Gasteiger partial charge < -0.3 is 14.8 Å². The average molecular weight is 277 g/mol. The van der Waals surface area contributed by atoms with Gasteiger partial charge in [0, 0.05) is 12.6 Å². The number of rotatable bonds is 6. The number of hydrogen-bond acceptors (Lipinski definition) is 3. The monoisotopic (exact) mass is 277 g/mol. The van der Waals surface area contributed by atoms with Crippen LogP contribution in [-0.2, 0) is 4.74 Å². The SMILES string of the molecule is CCC(C)NC(=O)c1ccccc1OCC1CCCO1. The Labute approximate surface area is 120 Å². The lowest BCUT2D eigenvalue weighted by Crippen LogP contribution is -2.32. The van der Waals surface area contributed by atoms with Crippen molar-refractivity contribution in [3.05, 3.63) is 29.8 Å². The molecule has 1 N–H and O–H groups in total. The van der Waals surface area contributed by atoms with Crippen molar-refractivity contribution in [1.29, 1.82) is 0 Å². The van der Waals surface area contributed by atoms with Gasteiger partial charge in [0.25, 0.3) is 5.91 Å². The third-order valence-corrected chi connectivity index (χ3v) is 3.57. The van der Waals surface area contributed by atoms with Crippen LogP contribution in [0.5, 0.6) is 5.75 Å². The van der Waals surface area contributed by atoms with Crippen molar-refractivity contribution in [2.24, 2.45) is 0 Å². The van der Waals surface area contributed by atoms with Crippen LogP contribution in [0.4, 0.5) is 0 Å². The molecule has 2 rings (SSSR count). The predicted molar refractivity (Wildman–Crippen MR) is 78.1 cm³/mol. The molecule has 110 valence electrons. The fraction of sp³-hybridized carbons (Fsp3) is 0.562. The van der Waals surface area contributed by atoms with E-state index >= 15 is 0 Å². The van der Waals surface area contributed by atoms with Crippen molar-refractivity contribution in [3.63, 3.8) is 0 Å². The molecule has 0 radical (unpaired) electrons. The summed E-state index contributed by atoms with van der Waals surface area (Å²) >= 11 is 0. The van der Waals surface area contributed by atoms with Crippen LogP contribution in [0.1, 0.15) is 43.5 Å². The first-order chi connectivity index (χ1) is 9.70. The lowest BCUT2D eigenvalue weighted by atomic mass is 10.1. The van der Waals surface area contributed by atoms with Crippen LogP contribution in [0.3, 0.4) is 0 Å². The molecule has 20 heavy (non-hydrogen) atoms. The van der Waals surface area contributed by atoms with Gasteiger partial charge in [0.05, 0.1) is 11.7 Å². The van der Waals surface area contributed by atoms with E-state index in [0.717, 1.165) is 25.9 Å².